The van der Waals surface area contributed by atoms with Crippen LogP contribution in [-0.4, -0.2) is 31.3 Å². The van der Waals surface area contributed by atoms with Gasteiger partial charge >= 0.3 is 0 Å². The molecule has 0 radical (unpaired) electrons. The van der Waals surface area contributed by atoms with E-state index in [2.05, 4.69) is 15.9 Å². The molecule has 1 spiro atoms. The van der Waals surface area contributed by atoms with Crippen molar-refractivity contribution in [2.45, 2.75) is 25.4 Å². The fourth-order valence-electron chi connectivity index (χ4n) is 2.15. The van der Waals surface area contributed by atoms with Crippen LogP contribution in [-0.2, 0) is 9.47 Å². The number of ether oxygens (including phenoxy) is 2. The molecule has 0 aromatic heterocycles. The van der Waals surface area contributed by atoms with Gasteiger partial charge in [0.15, 0.2) is 0 Å². The van der Waals surface area contributed by atoms with Gasteiger partial charge < -0.3 is 9.47 Å². The average molecular weight is 235 g/mol. The van der Waals surface area contributed by atoms with Crippen molar-refractivity contribution in [2.24, 2.45) is 5.41 Å². The van der Waals surface area contributed by atoms with Gasteiger partial charge in [0.25, 0.3) is 0 Å². The van der Waals surface area contributed by atoms with Crippen LogP contribution in [0.4, 0.5) is 0 Å². The second-order valence-corrected chi connectivity index (χ2v) is 4.55. The van der Waals surface area contributed by atoms with Crippen molar-refractivity contribution in [1.82, 2.24) is 0 Å². The Morgan fingerprint density at radius 2 is 2.08 bits per heavy atom. The summed E-state index contributed by atoms with van der Waals surface area (Å²) in [6.07, 6.45) is 4.05. The molecule has 0 saturated carbocycles. The Bertz CT molecular complexity index is 155. The average Bonchev–Trinajstić information content (AvgIpc) is 2.50. The number of hydrogen-bond acceptors (Lipinski definition) is 2. The minimum atomic E-state index is 0.447. The van der Waals surface area contributed by atoms with Gasteiger partial charge in [-0.3, -0.25) is 0 Å². The largest absolute Gasteiger partial charge is 0.381 e. The van der Waals surface area contributed by atoms with Gasteiger partial charge in [-0.15, -0.1) is 0 Å². The smallest absolute Gasteiger partial charge is 0.0678 e. The Labute approximate surface area is 81.7 Å². The summed E-state index contributed by atoms with van der Waals surface area (Å²) >= 11 is 3.47. The number of halogens is 1. The first kappa shape index (κ1) is 8.97. The predicted molar refractivity (Wildman–Crippen MR) is 50.6 cm³/mol. The fourth-order valence-corrected chi connectivity index (χ4v) is 2.56. The molecule has 0 amide bonds. The minimum absolute atomic E-state index is 0.447. The van der Waals surface area contributed by atoms with Gasteiger partial charge in [0, 0.05) is 24.0 Å². The molecule has 0 bridgehead atoms. The van der Waals surface area contributed by atoms with Crippen molar-refractivity contribution in [3.8, 4) is 0 Å². The molecule has 12 heavy (non-hydrogen) atoms. The van der Waals surface area contributed by atoms with Crippen LogP contribution in [0, 0.1) is 5.41 Å². The van der Waals surface area contributed by atoms with Gasteiger partial charge in [0.1, 0.15) is 0 Å². The van der Waals surface area contributed by atoms with Crippen molar-refractivity contribution in [3.05, 3.63) is 0 Å². The van der Waals surface area contributed by atoms with Crippen molar-refractivity contribution in [1.29, 1.82) is 0 Å². The monoisotopic (exact) mass is 234 g/mol. The van der Waals surface area contributed by atoms with Crippen LogP contribution in [0.2, 0.25) is 0 Å². The van der Waals surface area contributed by atoms with Crippen LogP contribution in [0.25, 0.3) is 0 Å². The Morgan fingerprint density at radius 3 is 2.67 bits per heavy atom. The SMILES string of the molecule is BrC[C@H]1CC2(CCOCC2)CO1. The molecule has 2 fully saturated rings. The molecule has 2 nitrogen and oxygen atoms in total. The zero-order valence-electron chi connectivity index (χ0n) is 7.22. The second-order valence-electron chi connectivity index (χ2n) is 3.90. The molecule has 0 unspecified atom stereocenters. The Morgan fingerprint density at radius 1 is 1.33 bits per heavy atom. The Kier molecular flexibility index (Phi) is 2.72. The standard InChI is InChI=1S/C9H15BrO2/c10-6-8-5-9(7-12-8)1-3-11-4-2-9/h8H,1-7H2/t8-/m1/s1. The highest BCUT2D eigenvalue weighted by Crippen LogP contribution is 2.41. The molecule has 0 aromatic rings. The van der Waals surface area contributed by atoms with E-state index in [0.29, 0.717) is 11.5 Å². The van der Waals surface area contributed by atoms with Gasteiger partial charge in [0.2, 0.25) is 0 Å². The van der Waals surface area contributed by atoms with E-state index in [-0.39, 0.29) is 0 Å². The zero-order chi connectivity index (χ0) is 8.44. The van der Waals surface area contributed by atoms with Gasteiger partial charge in [-0.2, -0.15) is 0 Å². The first-order chi connectivity index (χ1) is 5.85. The number of hydrogen-bond donors (Lipinski definition) is 0. The van der Waals surface area contributed by atoms with Crippen molar-refractivity contribution in [3.63, 3.8) is 0 Å². The fraction of sp³-hybridized carbons (Fsp3) is 1.00. The molecule has 0 N–H and O–H groups in total. The summed E-state index contributed by atoms with van der Waals surface area (Å²) in [5.41, 5.74) is 0.469. The van der Waals surface area contributed by atoms with Crippen LogP contribution in [0.15, 0.2) is 0 Å². The van der Waals surface area contributed by atoms with Crippen LogP contribution in [0.1, 0.15) is 19.3 Å². The van der Waals surface area contributed by atoms with E-state index in [1.165, 1.54) is 19.3 Å². The molecule has 0 aliphatic carbocycles. The van der Waals surface area contributed by atoms with E-state index in [1.54, 1.807) is 0 Å². The van der Waals surface area contributed by atoms with Crippen LogP contribution >= 0.6 is 15.9 Å². The summed E-state index contributed by atoms with van der Waals surface area (Å²) < 4.78 is 11.1. The molecule has 2 aliphatic heterocycles. The van der Waals surface area contributed by atoms with E-state index in [4.69, 9.17) is 9.47 Å². The van der Waals surface area contributed by atoms with Gasteiger partial charge in [-0.05, 0) is 19.3 Å². The molecule has 70 valence electrons. The highest BCUT2D eigenvalue weighted by atomic mass is 79.9. The zero-order valence-corrected chi connectivity index (χ0v) is 8.81. The highest BCUT2D eigenvalue weighted by molar-refractivity contribution is 9.09. The summed E-state index contributed by atoms with van der Waals surface area (Å²) in [6, 6.07) is 0. The minimum Gasteiger partial charge on any atom is -0.381 e. The Balaban J connectivity index is 1.94. The van der Waals surface area contributed by atoms with E-state index in [1.807, 2.05) is 0 Å². The first-order valence-corrected chi connectivity index (χ1v) is 5.72. The van der Waals surface area contributed by atoms with E-state index < -0.39 is 0 Å². The summed E-state index contributed by atoms with van der Waals surface area (Å²) in [5, 5.41) is 0.982. The summed E-state index contributed by atoms with van der Waals surface area (Å²) in [7, 11) is 0. The predicted octanol–water partition coefficient (Wildman–Crippen LogP) is 1.97. The van der Waals surface area contributed by atoms with E-state index >= 15 is 0 Å². The third-order valence-electron chi connectivity index (χ3n) is 3.01. The van der Waals surface area contributed by atoms with Gasteiger partial charge in [-0.1, -0.05) is 15.9 Å². The molecule has 1 atom stereocenters. The normalized spacial score (nSPS) is 34.2. The molecular formula is C9H15BrO2. The van der Waals surface area contributed by atoms with E-state index in [0.717, 1.165) is 25.2 Å². The summed E-state index contributed by atoms with van der Waals surface area (Å²) in [5.74, 6) is 0. The maximum absolute atomic E-state index is 5.69. The second kappa shape index (κ2) is 3.64. The third-order valence-corrected chi connectivity index (χ3v) is 3.73. The lowest BCUT2D eigenvalue weighted by molar-refractivity contribution is 0.00757. The lowest BCUT2D eigenvalue weighted by atomic mass is 9.79. The summed E-state index contributed by atoms with van der Waals surface area (Å²) in [4.78, 5) is 0. The van der Waals surface area contributed by atoms with E-state index in [9.17, 15) is 0 Å². The molecule has 2 saturated heterocycles. The van der Waals surface area contributed by atoms with Crippen molar-refractivity contribution in [2.75, 3.05) is 25.2 Å². The summed E-state index contributed by atoms with van der Waals surface area (Å²) in [6.45, 7) is 2.81. The van der Waals surface area contributed by atoms with Crippen molar-refractivity contribution < 1.29 is 9.47 Å². The number of alkyl halides is 1. The van der Waals surface area contributed by atoms with Crippen LogP contribution in [0.5, 0.6) is 0 Å². The van der Waals surface area contributed by atoms with Crippen molar-refractivity contribution >= 4 is 15.9 Å². The quantitative estimate of drug-likeness (QED) is 0.647. The maximum atomic E-state index is 5.69. The lowest BCUT2D eigenvalue weighted by Gasteiger charge is -2.31. The van der Waals surface area contributed by atoms with Crippen LogP contribution in [0.3, 0.4) is 0 Å². The highest BCUT2D eigenvalue weighted by Gasteiger charge is 2.40. The van der Waals surface area contributed by atoms with Gasteiger partial charge in [0.05, 0.1) is 12.7 Å². The molecule has 3 heteroatoms. The maximum Gasteiger partial charge on any atom is 0.0678 e. The molecule has 2 heterocycles. The van der Waals surface area contributed by atoms with Crippen LogP contribution < -0.4 is 0 Å². The Hall–Kier alpha value is 0.400. The van der Waals surface area contributed by atoms with Gasteiger partial charge in [-0.25, -0.2) is 0 Å². The topological polar surface area (TPSA) is 18.5 Å². The third kappa shape index (κ3) is 1.68. The molecule has 2 aliphatic rings. The first-order valence-electron chi connectivity index (χ1n) is 4.60. The molecular weight excluding hydrogens is 220 g/mol. The lowest BCUT2D eigenvalue weighted by Crippen LogP contribution is -2.30. The molecule has 2 rings (SSSR count). The molecule has 0 aromatic carbocycles. The number of rotatable bonds is 1.